The second-order valence-electron chi connectivity index (χ2n) is 14.0. The third-order valence-electron chi connectivity index (χ3n) is 10.3. The molecule has 4 aromatic heterocycles. The molecule has 11 nitrogen and oxygen atoms in total. The Kier molecular flexibility index (Phi) is 9.40. The molecule has 2 aliphatic carbocycles. The van der Waals surface area contributed by atoms with Gasteiger partial charge in [0.25, 0.3) is 0 Å². The molecule has 3 fully saturated rings. The van der Waals surface area contributed by atoms with Crippen molar-refractivity contribution in [1.29, 1.82) is 0 Å². The standard InChI is InChI=1S/C36H43F3N8O3/c1-4-50-34(48)23-9-13-47(14-10-23)29-19-40-27(18-41-29)32-44-31-28(46(2)20-35(21-49-3)11-5-6-12-35)16-26(43-33(31)45-32)24-15-25(36(37,38)39)30(42-17-24)22-7-8-22/h15-19,22-23H,4-14,20-21H2,1-3H3,(H,43,44,45). The molecule has 50 heavy (non-hydrogen) atoms. The van der Waals surface area contributed by atoms with Crippen LogP contribution in [0.2, 0.25) is 0 Å². The van der Waals surface area contributed by atoms with Gasteiger partial charge in [-0.25, -0.2) is 19.9 Å². The van der Waals surface area contributed by atoms with Crippen LogP contribution in [0.5, 0.6) is 0 Å². The number of carbonyl (C=O) groups is 1. The maximum Gasteiger partial charge on any atom is 0.418 e. The Morgan fingerprint density at radius 1 is 1.02 bits per heavy atom. The van der Waals surface area contributed by atoms with Gasteiger partial charge < -0.3 is 24.3 Å². The first-order chi connectivity index (χ1) is 24.1. The van der Waals surface area contributed by atoms with Crippen LogP contribution in [0.3, 0.4) is 0 Å². The van der Waals surface area contributed by atoms with Gasteiger partial charge in [-0.05, 0) is 57.6 Å². The number of esters is 1. The minimum Gasteiger partial charge on any atom is -0.466 e. The molecule has 0 radical (unpaired) electrons. The highest BCUT2D eigenvalue weighted by atomic mass is 19.4. The number of fused-ring (bicyclic) bond motifs is 1. The number of ether oxygens (including phenoxy) is 2. The number of H-pyrrole nitrogens is 1. The molecule has 14 heteroatoms. The van der Waals surface area contributed by atoms with Crippen LogP contribution < -0.4 is 9.80 Å². The maximum atomic E-state index is 14.2. The van der Waals surface area contributed by atoms with E-state index in [1.54, 1.807) is 19.5 Å². The number of nitrogens with zero attached hydrogens (tertiary/aromatic N) is 7. The number of hydrogen-bond donors (Lipinski definition) is 1. The largest absolute Gasteiger partial charge is 0.466 e. The SMILES string of the molecule is CCOC(=O)C1CCN(c2cnc(-c3nc4nc(-c5cnc(C6CC6)c(C(F)(F)F)c5)cc(N(C)CC5(COC)CCCC5)c4[nH]3)cn2)CC1. The molecule has 3 aliphatic rings. The van der Waals surface area contributed by atoms with E-state index >= 15 is 0 Å². The minimum atomic E-state index is -4.53. The number of piperidine rings is 1. The summed E-state index contributed by atoms with van der Waals surface area (Å²) in [5, 5.41) is 0. The monoisotopic (exact) mass is 692 g/mol. The smallest absolute Gasteiger partial charge is 0.418 e. The van der Waals surface area contributed by atoms with E-state index in [1.807, 2.05) is 20.0 Å². The Bertz CT molecular complexity index is 1830. The van der Waals surface area contributed by atoms with Crippen LogP contribution in [0.25, 0.3) is 33.9 Å². The van der Waals surface area contributed by atoms with E-state index in [-0.39, 0.29) is 34.5 Å². The number of hydrogen-bond acceptors (Lipinski definition) is 10. The molecule has 0 bridgehead atoms. The molecular weight excluding hydrogens is 649 g/mol. The summed E-state index contributed by atoms with van der Waals surface area (Å²) in [6.07, 6.45) is 7.43. The van der Waals surface area contributed by atoms with E-state index in [9.17, 15) is 18.0 Å². The lowest BCUT2D eigenvalue weighted by atomic mass is 9.86. The van der Waals surface area contributed by atoms with Crippen molar-refractivity contribution in [2.24, 2.45) is 11.3 Å². The number of nitrogens with one attached hydrogen (secondary N) is 1. The predicted octanol–water partition coefficient (Wildman–Crippen LogP) is 6.80. The Morgan fingerprint density at radius 3 is 2.42 bits per heavy atom. The number of carbonyl (C=O) groups excluding carboxylic acids is 1. The van der Waals surface area contributed by atoms with E-state index in [2.05, 4.69) is 29.7 Å². The molecule has 7 rings (SSSR count). The van der Waals surface area contributed by atoms with E-state index in [0.29, 0.717) is 92.7 Å². The maximum absolute atomic E-state index is 14.2. The van der Waals surface area contributed by atoms with Gasteiger partial charge in [0.2, 0.25) is 0 Å². The highest BCUT2D eigenvalue weighted by molar-refractivity contribution is 5.91. The predicted molar refractivity (Wildman–Crippen MR) is 183 cm³/mol. The summed E-state index contributed by atoms with van der Waals surface area (Å²) in [5.74, 6) is 0.744. The van der Waals surface area contributed by atoms with Crippen LogP contribution in [0.1, 0.15) is 75.5 Å². The van der Waals surface area contributed by atoms with Crippen molar-refractivity contribution in [3.05, 3.63) is 42.0 Å². The lowest BCUT2D eigenvalue weighted by molar-refractivity contribution is -0.148. The van der Waals surface area contributed by atoms with Crippen LogP contribution in [-0.2, 0) is 20.4 Å². The van der Waals surface area contributed by atoms with Gasteiger partial charge in [-0.1, -0.05) is 12.8 Å². The summed E-state index contributed by atoms with van der Waals surface area (Å²) in [5.41, 5.74) is 2.29. The van der Waals surface area contributed by atoms with Gasteiger partial charge in [0.05, 0.1) is 54.2 Å². The Labute approximate surface area is 289 Å². The number of rotatable bonds is 11. The zero-order valence-corrected chi connectivity index (χ0v) is 28.7. The molecule has 0 spiro atoms. The summed E-state index contributed by atoms with van der Waals surface area (Å²) in [6.45, 7) is 4.84. The topological polar surface area (TPSA) is 122 Å². The zero-order valence-electron chi connectivity index (χ0n) is 28.7. The number of anilines is 2. The van der Waals surface area contributed by atoms with Gasteiger partial charge in [0.15, 0.2) is 11.5 Å². The molecule has 266 valence electrons. The number of aromatic nitrogens is 6. The number of alkyl halides is 3. The summed E-state index contributed by atoms with van der Waals surface area (Å²) in [6, 6.07) is 3.00. The molecule has 2 saturated carbocycles. The average molecular weight is 693 g/mol. The Morgan fingerprint density at radius 2 is 1.78 bits per heavy atom. The number of imidazole rings is 1. The first-order valence-electron chi connectivity index (χ1n) is 17.5. The van der Waals surface area contributed by atoms with Gasteiger partial charge >= 0.3 is 12.1 Å². The average Bonchev–Trinajstić information content (AvgIpc) is 3.71. The highest BCUT2D eigenvalue weighted by Crippen LogP contribution is 2.46. The summed E-state index contributed by atoms with van der Waals surface area (Å²) in [4.78, 5) is 43.0. The van der Waals surface area contributed by atoms with Gasteiger partial charge in [0.1, 0.15) is 17.0 Å². The van der Waals surface area contributed by atoms with E-state index in [0.717, 1.165) is 31.4 Å². The van der Waals surface area contributed by atoms with Gasteiger partial charge in [-0.3, -0.25) is 9.78 Å². The molecule has 0 atom stereocenters. The zero-order chi connectivity index (χ0) is 35.0. The van der Waals surface area contributed by atoms with Crippen molar-refractivity contribution in [3.8, 4) is 22.8 Å². The first-order valence-corrected chi connectivity index (χ1v) is 17.5. The Hall–Kier alpha value is -4.33. The van der Waals surface area contributed by atoms with E-state index in [4.69, 9.17) is 19.4 Å². The normalized spacial score (nSPS) is 18.2. The third kappa shape index (κ3) is 6.99. The summed E-state index contributed by atoms with van der Waals surface area (Å²) >= 11 is 0. The van der Waals surface area contributed by atoms with Gasteiger partial charge in [0, 0.05) is 56.9 Å². The first kappa shape index (κ1) is 34.1. The quantitative estimate of drug-likeness (QED) is 0.168. The highest BCUT2D eigenvalue weighted by Gasteiger charge is 2.40. The fraction of sp³-hybridized carbons (Fsp3) is 0.556. The van der Waals surface area contributed by atoms with Crippen LogP contribution in [0.4, 0.5) is 24.7 Å². The molecule has 0 aromatic carbocycles. The number of halogens is 3. The van der Waals surface area contributed by atoms with Crippen LogP contribution in [0.15, 0.2) is 30.7 Å². The molecule has 1 saturated heterocycles. The van der Waals surface area contributed by atoms with E-state index < -0.39 is 11.7 Å². The van der Waals surface area contributed by atoms with Crippen molar-refractivity contribution in [2.45, 2.75) is 70.4 Å². The van der Waals surface area contributed by atoms with Crippen LogP contribution in [0, 0.1) is 11.3 Å². The number of pyridine rings is 2. The molecule has 4 aromatic rings. The minimum absolute atomic E-state index is 0.0366. The molecule has 5 heterocycles. The fourth-order valence-electron chi connectivity index (χ4n) is 7.65. The molecule has 1 aliphatic heterocycles. The molecule has 0 unspecified atom stereocenters. The van der Waals surface area contributed by atoms with Gasteiger partial charge in [-0.15, -0.1) is 0 Å². The Balaban J connectivity index is 1.22. The van der Waals surface area contributed by atoms with Gasteiger partial charge in [-0.2, -0.15) is 13.2 Å². The summed E-state index contributed by atoms with van der Waals surface area (Å²) < 4.78 is 53.5. The van der Waals surface area contributed by atoms with Crippen LogP contribution >= 0.6 is 0 Å². The van der Waals surface area contributed by atoms with Crippen molar-refractivity contribution in [1.82, 2.24) is 29.9 Å². The second kappa shape index (κ2) is 13.8. The van der Waals surface area contributed by atoms with Crippen LogP contribution in [-0.4, -0.2) is 82.9 Å². The van der Waals surface area contributed by atoms with Crippen molar-refractivity contribution in [2.75, 3.05) is 56.8 Å². The number of aromatic amines is 1. The number of methoxy groups -OCH3 is 1. The lowest BCUT2D eigenvalue weighted by Crippen LogP contribution is -2.37. The molecule has 1 N–H and O–H groups in total. The summed E-state index contributed by atoms with van der Waals surface area (Å²) in [7, 11) is 3.71. The molecular formula is C36H43F3N8O3. The van der Waals surface area contributed by atoms with Crippen molar-refractivity contribution < 1.29 is 27.4 Å². The van der Waals surface area contributed by atoms with Crippen molar-refractivity contribution in [3.63, 3.8) is 0 Å². The van der Waals surface area contributed by atoms with Crippen molar-refractivity contribution >= 4 is 28.6 Å². The fourth-order valence-corrected chi connectivity index (χ4v) is 7.65. The second-order valence-corrected chi connectivity index (χ2v) is 14.0. The lowest BCUT2D eigenvalue weighted by Gasteiger charge is -2.34. The van der Waals surface area contributed by atoms with E-state index in [1.165, 1.54) is 12.3 Å². The molecule has 0 amide bonds. The third-order valence-corrected chi connectivity index (χ3v) is 10.3.